The van der Waals surface area contributed by atoms with Gasteiger partial charge >= 0.3 is 11.9 Å². The standard InChI is InChI=1S/C33H62O4/c1-4-5-6-7-8-9-10-11-12-16-19-25-31(26-20-17-14-13-15-18-22-28(2)3)37-33(36)30-24-21-23-29(27-30)32(34)35/h28-31H,4-27H2,1-3H3,(H,34,35). The molecule has 0 heterocycles. The van der Waals surface area contributed by atoms with Crippen molar-refractivity contribution in [2.75, 3.05) is 0 Å². The molecule has 37 heavy (non-hydrogen) atoms. The SMILES string of the molecule is CCCCCCCCCCCCCC(CCCCCCCCC(C)C)OC(=O)C1CCCC(C(=O)O)C1. The number of esters is 1. The zero-order valence-electron chi connectivity index (χ0n) is 25.0. The Hall–Kier alpha value is -1.06. The molecule has 0 amide bonds. The van der Waals surface area contributed by atoms with Crippen LogP contribution in [-0.4, -0.2) is 23.1 Å². The van der Waals surface area contributed by atoms with Crippen molar-refractivity contribution in [3.8, 4) is 0 Å². The molecule has 0 saturated heterocycles. The average molecular weight is 523 g/mol. The van der Waals surface area contributed by atoms with Crippen molar-refractivity contribution in [1.29, 1.82) is 0 Å². The minimum atomic E-state index is -0.761. The Morgan fingerprint density at radius 2 is 1.11 bits per heavy atom. The van der Waals surface area contributed by atoms with Crippen LogP contribution in [0.3, 0.4) is 0 Å². The Morgan fingerprint density at radius 1 is 0.676 bits per heavy atom. The fourth-order valence-electron chi connectivity index (χ4n) is 5.82. The van der Waals surface area contributed by atoms with Gasteiger partial charge in [0.05, 0.1) is 11.8 Å². The van der Waals surface area contributed by atoms with Crippen molar-refractivity contribution >= 4 is 11.9 Å². The van der Waals surface area contributed by atoms with E-state index in [1.807, 2.05) is 0 Å². The van der Waals surface area contributed by atoms with Gasteiger partial charge in [0.2, 0.25) is 0 Å². The van der Waals surface area contributed by atoms with Crippen LogP contribution in [0.4, 0.5) is 0 Å². The first-order valence-corrected chi connectivity index (χ1v) is 16.4. The third-order valence-corrected chi connectivity index (χ3v) is 8.33. The number of carbonyl (C=O) groups is 2. The Bertz CT molecular complexity index is 559. The van der Waals surface area contributed by atoms with Crippen LogP contribution in [0.25, 0.3) is 0 Å². The number of hydrogen-bond acceptors (Lipinski definition) is 3. The molecule has 4 nitrogen and oxygen atoms in total. The molecule has 218 valence electrons. The summed E-state index contributed by atoms with van der Waals surface area (Å²) in [4.78, 5) is 24.3. The zero-order valence-corrected chi connectivity index (χ0v) is 25.0. The number of hydrogen-bond donors (Lipinski definition) is 1. The highest BCUT2D eigenvalue weighted by molar-refractivity contribution is 5.75. The first-order chi connectivity index (χ1) is 17.9. The molecule has 4 heteroatoms. The lowest BCUT2D eigenvalue weighted by molar-refractivity contribution is -0.158. The van der Waals surface area contributed by atoms with Gasteiger partial charge in [-0.2, -0.15) is 0 Å². The first kappa shape index (κ1) is 34.0. The second kappa shape index (κ2) is 22.9. The molecule has 0 spiro atoms. The fourth-order valence-corrected chi connectivity index (χ4v) is 5.82. The van der Waals surface area contributed by atoms with Crippen LogP contribution in [0, 0.1) is 17.8 Å². The highest BCUT2D eigenvalue weighted by Crippen LogP contribution is 2.31. The highest BCUT2D eigenvalue weighted by atomic mass is 16.5. The largest absolute Gasteiger partial charge is 0.481 e. The van der Waals surface area contributed by atoms with E-state index in [9.17, 15) is 14.7 Å². The molecule has 3 unspecified atom stereocenters. The summed E-state index contributed by atoms with van der Waals surface area (Å²) in [7, 11) is 0. The van der Waals surface area contributed by atoms with Crippen LogP contribution in [-0.2, 0) is 14.3 Å². The molecular weight excluding hydrogens is 460 g/mol. The van der Waals surface area contributed by atoms with E-state index >= 15 is 0 Å². The normalized spacial score (nSPS) is 18.7. The third-order valence-electron chi connectivity index (χ3n) is 8.33. The molecule has 0 bridgehead atoms. The number of carboxylic acid groups (broad SMARTS) is 1. The second-order valence-corrected chi connectivity index (χ2v) is 12.4. The predicted octanol–water partition coefficient (Wildman–Crippen LogP) is 10.3. The molecule has 1 fully saturated rings. The summed E-state index contributed by atoms with van der Waals surface area (Å²) >= 11 is 0. The van der Waals surface area contributed by atoms with Gasteiger partial charge in [0, 0.05) is 0 Å². The summed E-state index contributed by atoms with van der Waals surface area (Å²) in [5, 5.41) is 9.38. The van der Waals surface area contributed by atoms with Crippen LogP contribution >= 0.6 is 0 Å². The topological polar surface area (TPSA) is 63.6 Å². The molecule has 0 aromatic heterocycles. The summed E-state index contributed by atoms with van der Waals surface area (Å²) in [5.74, 6) is -0.695. The Balaban J connectivity index is 2.31. The molecule has 0 radical (unpaired) electrons. The smallest absolute Gasteiger partial charge is 0.309 e. The number of carbonyl (C=O) groups excluding carboxylic acids is 1. The van der Waals surface area contributed by atoms with Gasteiger partial charge in [-0.05, 0) is 50.9 Å². The lowest BCUT2D eigenvalue weighted by Crippen LogP contribution is -2.31. The lowest BCUT2D eigenvalue weighted by Gasteiger charge is -2.27. The summed E-state index contributed by atoms with van der Waals surface area (Å²) in [6.07, 6.45) is 28.2. The van der Waals surface area contributed by atoms with E-state index in [2.05, 4.69) is 20.8 Å². The van der Waals surface area contributed by atoms with E-state index in [1.54, 1.807) is 0 Å². The van der Waals surface area contributed by atoms with E-state index in [0.29, 0.717) is 12.8 Å². The lowest BCUT2D eigenvalue weighted by atomic mass is 9.81. The molecule has 0 aromatic rings. The summed E-state index contributed by atoms with van der Waals surface area (Å²) in [6, 6.07) is 0. The molecule has 1 saturated carbocycles. The van der Waals surface area contributed by atoms with Crippen molar-refractivity contribution in [3.05, 3.63) is 0 Å². The molecule has 1 aliphatic rings. The molecule has 1 N–H and O–H groups in total. The van der Waals surface area contributed by atoms with Gasteiger partial charge in [0.25, 0.3) is 0 Å². The van der Waals surface area contributed by atoms with Gasteiger partial charge < -0.3 is 9.84 Å². The van der Waals surface area contributed by atoms with Crippen molar-refractivity contribution in [2.24, 2.45) is 17.8 Å². The zero-order chi connectivity index (χ0) is 27.1. The monoisotopic (exact) mass is 522 g/mol. The minimum Gasteiger partial charge on any atom is -0.481 e. The van der Waals surface area contributed by atoms with E-state index < -0.39 is 5.97 Å². The molecule has 0 aromatic carbocycles. The van der Waals surface area contributed by atoms with Crippen LogP contribution in [0.5, 0.6) is 0 Å². The van der Waals surface area contributed by atoms with E-state index in [-0.39, 0.29) is 23.9 Å². The highest BCUT2D eigenvalue weighted by Gasteiger charge is 2.32. The van der Waals surface area contributed by atoms with Crippen molar-refractivity contribution in [3.63, 3.8) is 0 Å². The molecule has 3 atom stereocenters. The Labute approximate surface area is 230 Å². The van der Waals surface area contributed by atoms with E-state index in [4.69, 9.17) is 4.74 Å². The number of carboxylic acids is 1. The number of ether oxygens (including phenoxy) is 1. The molecular formula is C33H62O4. The van der Waals surface area contributed by atoms with Crippen molar-refractivity contribution in [1.82, 2.24) is 0 Å². The number of unbranched alkanes of at least 4 members (excludes halogenated alkanes) is 15. The van der Waals surface area contributed by atoms with Gasteiger partial charge in [-0.25, -0.2) is 0 Å². The van der Waals surface area contributed by atoms with Crippen LogP contribution in [0.2, 0.25) is 0 Å². The summed E-state index contributed by atoms with van der Waals surface area (Å²) < 4.78 is 6.05. The van der Waals surface area contributed by atoms with E-state index in [0.717, 1.165) is 44.4 Å². The van der Waals surface area contributed by atoms with Gasteiger partial charge in [-0.15, -0.1) is 0 Å². The maximum Gasteiger partial charge on any atom is 0.309 e. The number of aliphatic carboxylic acids is 1. The summed E-state index contributed by atoms with van der Waals surface area (Å²) in [5.41, 5.74) is 0. The van der Waals surface area contributed by atoms with Gasteiger partial charge in [0.1, 0.15) is 6.10 Å². The molecule has 1 rings (SSSR count). The van der Waals surface area contributed by atoms with Crippen LogP contribution in [0.1, 0.15) is 175 Å². The quantitative estimate of drug-likeness (QED) is 0.101. The maximum atomic E-state index is 12.9. The first-order valence-electron chi connectivity index (χ1n) is 16.4. The molecule has 0 aliphatic heterocycles. The van der Waals surface area contributed by atoms with E-state index in [1.165, 1.54) is 103 Å². The fraction of sp³-hybridized carbons (Fsp3) is 0.939. The van der Waals surface area contributed by atoms with Gasteiger partial charge in [0.15, 0.2) is 0 Å². The van der Waals surface area contributed by atoms with Crippen molar-refractivity contribution < 1.29 is 19.4 Å². The van der Waals surface area contributed by atoms with Crippen molar-refractivity contribution in [2.45, 2.75) is 181 Å². The summed E-state index contributed by atoms with van der Waals surface area (Å²) in [6.45, 7) is 6.87. The minimum absolute atomic E-state index is 0.0113. The van der Waals surface area contributed by atoms with Crippen LogP contribution in [0.15, 0.2) is 0 Å². The van der Waals surface area contributed by atoms with Crippen LogP contribution < -0.4 is 0 Å². The predicted molar refractivity (Wildman–Crippen MR) is 156 cm³/mol. The van der Waals surface area contributed by atoms with Gasteiger partial charge in [-0.3, -0.25) is 9.59 Å². The number of rotatable bonds is 24. The van der Waals surface area contributed by atoms with Gasteiger partial charge in [-0.1, -0.05) is 130 Å². The Kier molecular flexibility index (Phi) is 21.0. The maximum absolute atomic E-state index is 12.9. The average Bonchev–Trinajstić information content (AvgIpc) is 2.88. The molecule has 1 aliphatic carbocycles. The Morgan fingerprint density at radius 3 is 1.57 bits per heavy atom. The second-order valence-electron chi connectivity index (χ2n) is 12.4. The third kappa shape index (κ3) is 18.8.